The highest BCUT2D eigenvalue weighted by Crippen LogP contribution is 2.42. The Kier molecular flexibility index (Phi) is 6.46. The van der Waals surface area contributed by atoms with E-state index in [-0.39, 0.29) is 22.5 Å². The van der Waals surface area contributed by atoms with E-state index in [4.69, 9.17) is 0 Å². The Bertz CT molecular complexity index is 1230. The fraction of sp³-hybridized carbons (Fsp3) is 0.200. The van der Waals surface area contributed by atoms with E-state index < -0.39 is 10.8 Å². The second kappa shape index (κ2) is 9.46. The fourth-order valence-electron chi connectivity index (χ4n) is 3.76. The van der Waals surface area contributed by atoms with Crippen molar-refractivity contribution in [2.45, 2.75) is 25.6 Å². The smallest absolute Gasteiger partial charge is 0.273 e. The van der Waals surface area contributed by atoms with Crippen molar-refractivity contribution in [3.63, 3.8) is 0 Å². The fourth-order valence-corrected chi connectivity index (χ4v) is 4.93. The molecular formula is C25H23N3O4S. The lowest BCUT2D eigenvalue weighted by Crippen LogP contribution is -2.27. The van der Waals surface area contributed by atoms with Gasteiger partial charge in [0, 0.05) is 28.6 Å². The molecule has 1 fully saturated rings. The van der Waals surface area contributed by atoms with Crippen LogP contribution in [0.4, 0.5) is 17.1 Å². The number of rotatable bonds is 6. The minimum absolute atomic E-state index is 0.0376. The first-order valence-electron chi connectivity index (χ1n) is 10.6. The van der Waals surface area contributed by atoms with Gasteiger partial charge in [0.25, 0.3) is 11.6 Å². The molecule has 33 heavy (non-hydrogen) atoms. The highest BCUT2D eigenvalue weighted by molar-refractivity contribution is 8.00. The number of amides is 2. The number of nitro benzene ring substituents is 1. The van der Waals surface area contributed by atoms with Crippen LogP contribution in [0.3, 0.4) is 0 Å². The Morgan fingerprint density at radius 3 is 2.61 bits per heavy atom. The van der Waals surface area contributed by atoms with Gasteiger partial charge in [0.05, 0.1) is 10.7 Å². The summed E-state index contributed by atoms with van der Waals surface area (Å²) < 4.78 is 0. The molecule has 3 aromatic rings. The van der Waals surface area contributed by atoms with Crippen molar-refractivity contribution in [3.8, 4) is 0 Å². The standard InChI is InChI=1S/C25H23N3O4S/c1-3-17-8-11-21(12-9-17)27-23(29)15-33-25(27)19-5-4-6-20(13-19)26-24(30)18-10-7-16(2)22(14-18)28(31)32/h4-14,25H,3,15H2,1-2H3,(H,26,30). The van der Waals surface area contributed by atoms with Crippen LogP contribution in [0.2, 0.25) is 0 Å². The zero-order valence-electron chi connectivity index (χ0n) is 18.3. The Labute approximate surface area is 196 Å². The molecule has 0 bridgehead atoms. The summed E-state index contributed by atoms with van der Waals surface area (Å²) >= 11 is 1.54. The quantitative estimate of drug-likeness (QED) is 0.387. The van der Waals surface area contributed by atoms with E-state index in [1.165, 1.54) is 23.4 Å². The maximum Gasteiger partial charge on any atom is 0.273 e. The van der Waals surface area contributed by atoms with Gasteiger partial charge < -0.3 is 5.32 Å². The molecule has 1 heterocycles. The van der Waals surface area contributed by atoms with Gasteiger partial charge in [0.15, 0.2) is 0 Å². The van der Waals surface area contributed by atoms with Crippen LogP contribution in [0, 0.1) is 17.0 Å². The average Bonchev–Trinajstić information content (AvgIpc) is 3.20. The molecule has 1 N–H and O–H groups in total. The van der Waals surface area contributed by atoms with Crippen molar-refractivity contribution < 1.29 is 14.5 Å². The number of hydrogen-bond acceptors (Lipinski definition) is 5. The number of nitrogens with one attached hydrogen (secondary N) is 1. The Balaban J connectivity index is 1.57. The number of benzene rings is 3. The van der Waals surface area contributed by atoms with Gasteiger partial charge in [-0.05, 0) is 54.8 Å². The van der Waals surface area contributed by atoms with Crippen molar-refractivity contribution in [3.05, 3.63) is 99.1 Å². The molecule has 0 saturated carbocycles. The SMILES string of the molecule is CCc1ccc(N2C(=O)CSC2c2cccc(NC(=O)c3ccc(C)c([N+](=O)[O-])c3)c2)cc1. The van der Waals surface area contributed by atoms with E-state index in [0.29, 0.717) is 17.0 Å². The molecule has 1 aliphatic rings. The summed E-state index contributed by atoms with van der Waals surface area (Å²) in [5.74, 6) is -0.0165. The van der Waals surface area contributed by atoms with E-state index >= 15 is 0 Å². The first-order valence-corrected chi connectivity index (χ1v) is 11.6. The van der Waals surface area contributed by atoms with Crippen LogP contribution in [-0.4, -0.2) is 22.5 Å². The largest absolute Gasteiger partial charge is 0.322 e. The van der Waals surface area contributed by atoms with Crippen molar-refractivity contribution >= 4 is 40.6 Å². The van der Waals surface area contributed by atoms with Gasteiger partial charge in [0.1, 0.15) is 5.37 Å². The molecule has 1 saturated heterocycles. The van der Waals surface area contributed by atoms with Crippen LogP contribution >= 0.6 is 11.8 Å². The van der Waals surface area contributed by atoms with Crippen LogP contribution < -0.4 is 10.2 Å². The lowest BCUT2D eigenvalue weighted by Gasteiger charge is -2.25. The number of carbonyl (C=O) groups excluding carboxylic acids is 2. The molecule has 4 rings (SSSR count). The summed E-state index contributed by atoms with van der Waals surface area (Å²) in [6.07, 6.45) is 0.929. The van der Waals surface area contributed by atoms with Gasteiger partial charge in [-0.25, -0.2) is 0 Å². The predicted octanol–water partition coefficient (Wildman–Crippen LogP) is 5.50. The number of anilines is 2. The number of nitro groups is 1. The number of nitrogens with zero attached hydrogens (tertiary/aromatic N) is 2. The summed E-state index contributed by atoms with van der Waals surface area (Å²) in [5.41, 5.74) is 4.10. The lowest BCUT2D eigenvalue weighted by atomic mass is 10.1. The highest BCUT2D eigenvalue weighted by atomic mass is 32.2. The minimum atomic E-state index is -0.497. The number of carbonyl (C=O) groups is 2. The summed E-state index contributed by atoms with van der Waals surface area (Å²) in [5, 5.41) is 13.8. The lowest BCUT2D eigenvalue weighted by molar-refractivity contribution is -0.385. The molecule has 8 heteroatoms. The second-order valence-corrected chi connectivity index (χ2v) is 8.85. The topological polar surface area (TPSA) is 92.6 Å². The maximum absolute atomic E-state index is 12.7. The van der Waals surface area contributed by atoms with Crippen LogP contribution in [0.15, 0.2) is 66.7 Å². The van der Waals surface area contributed by atoms with Crippen molar-refractivity contribution in [2.75, 3.05) is 16.0 Å². The third-order valence-corrected chi connectivity index (χ3v) is 6.80. The Morgan fingerprint density at radius 2 is 1.91 bits per heavy atom. The van der Waals surface area contributed by atoms with Gasteiger partial charge in [0.2, 0.25) is 5.91 Å². The van der Waals surface area contributed by atoms with Crippen molar-refractivity contribution in [2.24, 2.45) is 0 Å². The second-order valence-electron chi connectivity index (χ2n) is 7.79. The summed E-state index contributed by atoms with van der Waals surface area (Å²) in [7, 11) is 0. The molecule has 0 aliphatic carbocycles. The molecule has 3 aromatic carbocycles. The number of hydrogen-bond donors (Lipinski definition) is 1. The van der Waals surface area contributed by atoms with Crippen LogP contribution in [0.1, 0.15) is 39.3 Å². The van der Waals surface area contributed by atoms with Gasteiger partial charge in [-0.2, -0.15) is 0 Å². The Hall–Kier alpha value is -3.65. The van der Waals surface area contributed by atoms with Gasteiger partial charge in [-0.3, -0.25) is 24.6 Å². The molecule has 7 nitrogen and oxygen atoms in total. The summed E-state index contributed by atoms with van der Waals surface area (Å²) in [4.78, 5) is 37.9. The summed E-state index contributed by atoms with van der Waals surface area (Å²) in [6, 6.07) is 19.7. The molecule has 0 aromatic heterocycles. The molecule has 0 spiro atoms. The zero-order chi connectivity index (χ0) is 23.5. The van der Waals surface area contributed by atoms with Crippen LogP contribution in [0.5, 0.6) is 0 Å². The monoisotopic (exact) mass is 461 g/mol. The molecule has 0 radical (unpaired) electrons. The Morgan fingerprint density at radius 1 is 1.15 bits per heavy atom. The van der Waals surface area contributed by atoms with Crippen LogP contribution in [-0.2, 0) is 11.2 Å². The molecular weight excluding hydrogens is 438 g/mol. The number of thioether (sulfide) groups is 1. The summed E-state index contributed by atoms with van der Waals surface area (Å²) in [6.45, 7) is 3.72. The normalized spacial score (nSPS) is 15.5. The van der Waals surface area contributed by atoms with Crippen LogP contribution in [0.25, 0.3) is 0 Å². The third-order valence-electron chi connectivity index (χ3n) is 5.59. The predicted molar refractivity (Wildman–Crippen MR) is 131 cm³/mol. The molecule has 2 amide bonds. The van der Waals surface area contributed by atoms with Crippen molar-refractivity contribution in [1.29, 1.82) is 0 Å². The average molecular weight is 462 g/mol. The molecule has 168 valence electrons. The van der Waals surface area contributed by atoms with E-state index in [0.717, 1.165) is 17.7 Å². The van der Waals surface area contributed by atoms with Gasteiger partial charge >= 0.3 is 0 Å². The van der Waals surface area contributed by atoms with E-state index in [9.17, 15) is 19.7 Å². The minimum Gasteiger partial charge on any atom is -0.322 e. The highest BCUT2D eigenvalue weighted by Gasteiger charge is 2.34. The van der Waals surface area contributed by atoms with E-state index in [1.807, 2.05) is 42.5 Å². The van der Waals surface area contributed by atoms with E-state index in [1.54, 1.807) is 30.0 Å². The molecule has 1 atom stereocenters. The first kappa shape index (κ1) is 22.5. The molecule has 1 aliphatic heterocycles. The first-order chi connectivity index (χ1) is 15.9. The third kappa shape index (κ3) is 4.75. The van der Waals surface area contributed by atoms with Crippen molar-refractivity contribution in [1.82, 2.24) is 0 Å². The van der Waals surface area contributed by atoms with E-state index in [2.05, 4.69) is 12.2 Å². The molecule has 1 unspecified atom stereocenters. The maximum atomic E-state index is 12.7. The van der Waals surface area contributed by atoms with Gasteiger partial charge in [-0.1, -0.05) is 37.3 Å². The number of aryl methyl sites for hydroxylation is 2. The van der Waals surface area contributed by atoms with Gasteiger partial charge in [-0.15, -0.1) is 11.8 Å². The zero-order valence-corrected chi connectivity index (χ0v) is 19.1.